The SMILES string of the molecule is COc1cc(NC(=O)C(C)Br)ccc1Cl. The van der Waals surface area contributed by atoms with Crippen LogP contribution in [0, 0.1) is 0 Å². The molecule has 0 fully saturated rings. The molecule has 1 atom stereocenters. The van der Waals surface area contributed by atoms with Gasteiger partial charge in [0.1, 0.15) is 5.75 Å². The van der Waals surface area contributed by atoms with Crippen LogP contribution in [-0.2, 0) is 4.79 Å². The van der Waals surface area contributed by atoms with Crippen LogP contribution in [0.4, 0.5) is 5.69 Å². The van der Waals surface area contributed by atoms with E-state index in [1.807, 2.05) is 0 Å². The normalized spacial score (nSPS) is 12.0. The molecule has 1 aromatic rings. The highest BCUT2D eigenvalue weighted by Crippen LogP contribution is 2.27. The van der Waals surface area contributed by atoms with Gasteiger partial charge in [0, 0.05) is 11.8 Å². The van der Waals surface area contributed by atoms with Crippen LogP contribution in [-0.4, -0.2) is 17.8 Å². The number of carbonyl (C=O) groups excluding carboxylic acids is 1. The zero-order valence-electron chi connectivity index (χ0n) is 8.38. The smallest absolute Gasteiger partial charge is 0.237 e. The lowest BCUT2D eigenvalue weighted by Gasteiger charge is -2.09. The van der Waals surface area contributed by atoms with E-state index in [4.69, 9.17) is 16.3 Å². The summed E-state index contributed by atoms with van der Waals surface area (Å²) in [6, 6.07) is 5.07. The quantitative estimate of drug-likeness (QED) is 0.870. The molecule has 15 heavy (non-hydrogen) atoms. The summed E-state index contributed by atoms with van der Waals surface area (Å²) in [6.07, 6.45) is 0. The maximum absolute atomic E-state index is 11.4. The molecule has 1 amide bonds. The zero-order valence-corrected chi connectivity index (χ0v) is 10.7. The summed E-state index contributed by atoms with van der Waals surface area (Å²) in [7, 11) is 1.53. The number of alkyl halides is 1. The van der Waals surface area contributed by atoms with E-state index in [2.05, 4.69) is 21.2 Å². The van der Waals surface area contributed by atoms with Crippen molar-refractivity contribution in [2.24, 2.45) is 0 Å². The van der Waals surface area contributed by atoms with E-state index < -0.39 is 0 Å². The van der Waals surface area contributed by atoms with Crippen LogP contribution in [0.1, 0.15) is 6.92 Å². The van der Waals surface area contributed by atoms with Gasteiger partial charge in [-0.2, -0.15) is 0 Å². The Morgan fingerprint density at radius 3 is 2.80 bits per heavy atom. The summed E-state index contributed by atoms with van der Waals surface area (Å²) in [4.78, 5) is 11.1. The van der Waals surface area contributed by atoms with Crippen molar-refractivity contribution >= 4 is 39.1 Å². The Labute approximate surface area is 102 Å². The van der Waals surface area contributed by atoms with E-state index in [1.54, 1.807) is 25.1 Å². The van der Waals surface area contributed by atoms with Gasteiger partial charge in [0.05, 0.1) is 17.0 Å². The van der Waals surface area contributed by atoms with Crippen LogP contribution in [0.15, 0.2) is 18.2 Å². The van der Waals surface area contributed by atoms with Gasteiger partial charge in [0.25, 0.3) is 0 Å². The largest absolute Gasteiger partial charge is 0.495 e. The highest BCUT2D eigenvalue weighted by molar-refractivity contribution is 9.10. The van der Waals surface area contributed by atoms with E-state index in [1.165, 1.54) is 7.11 Å². The third kappa shape index (κ3) is 3.39. The predicted molar refractivity (Wildman–Crippen MR) is 65.0 cm³/mol. The Kier molecular flexibility index (Phi) is 4.42. The van der Waals surface area contributed by atoms with Gasteiger partial charge in [-0.05, 0) is 19.1 Å². The highest BCUT2D eigenvalue weighted by Gasteiger charge is 2.09. The molecule has 0 spiro atoms. The van der Waals surface area contributed by atoms with Gasteiger partial charge in [0.2, 0.25) is 5.91 Å². The van der Waals surface area contributed by atoms with Gasteiger partial charge in [-0.3, -0.25) is 4.79 Å². The summed E-state index contributed by atoms with van der Waals surface area (Å²) in [6.45, 7) is 1.75. The van der Waals surface area contributed by atoms with Crippen LogP contribution in [0.2, 0.25) is 5.02 Å². The van der Waals surface area contributed by atoms with Gasteiger partial charge >= 0.3 is 0 Å². The number of benzene rings is 1. The maximum atomic E-state index is 11.4. The molecule has 0 aliphatic rings. The fourth-order valence-electron chi connectivity index (χ4n) is 0.979. The number of hydrogen-bond acceptors (Lipinski definition) is 2. The summed E-state index contributed by atoms with van der Waals surface area (Å²) in [5, 5.41) is 3.23. The van der Waals surface area contributed by atoms with Crippen LogP contribution < -0.4 is 10.1 Å². The minimum absolute atomic E-state index is 0.112. The van der Waals surface area contributed by atoms with E-state index in [0.29, 0.717) is 16.5 Å². The summed E-state index contributed by atoms with van der Waals surface area (Å²) in [5.74, 6) is 0.427. The Hall–Kier alpha value is -0.740. The minimum atomic E-state index is -0.237. The molecule has 1 rings (SSSR count). The molecule has 0 bridgehead atoms. The average Bonchev–Trinajstić information content (AvgIpc) is 2.20. The first-order valence-corrected chi connectivity index (χ1v) is 5.62. The Bertz CT molecular complexity index is 368. The molecule has 0 aliphatic heterocycles. The van der Waals surface area contributed by atoms with Crippen LogP contribution in [0.5, 0.6) is 5.75 Å². The van der Waals surface area contributed by atoms with Crippen molar-refractivity contribution in [3.63, 3.8) is 0 Å². The lowest BCUT2D eigenvalue weighted by molar-refractivity contribution is -0.115. The van der Waals surface area contributed by atoms with Crippen molar-refractivity contribution in [3.8, 4) is 5.75 Å². The van der Waals surface area contributed by atoms with Gasteiger partial charge in [0.15, 0.2) is 0 Å². The van der Waals surface area contributed by atoms with Crippen LogP contribution in [0.3, 0.4) is 0 Å². The predicted octanol–water partition coefficient (Wildman–Crippen LogP) is 3.07. The number of nitrogens with one attached hydrogen (secondary N) is 1. The van der Waals surface area contributed by atoms with Gasteiger partial charge in [-0.25, -0.2) is 0 Å². The third-order valence-electron chi connectivity index (χ3n) is 1.78. The molecule has 0 saturated carbocycles. The standard InChI is InChI=1S/C10H11BrClNO2/c1-6(11)10(14)13-7-3-4-8(12)9(5-7)15-2/h3-6H,1-2H3,(H,13,14). The van der Waals surface area contributed by atoms with Gasteiger partial charge < -0.3 is 10.1 Å². The molecule has 1 aromatic carbocycles. The second-order valence-corrected chi connectivity index (χ2v) is 4.74. The minimum Gasteiger partial charge on any atom is -0.495 e. The molecular weight excluding hydrogens is 281 g/mol. The number of hydrogen-bond donors (Lipinski definition) is 1. The number of carbonyl (C=O) groups is 1. The number of methoxy groups -OCH3 is 1. The molecule has 0 aromatic heterocycles. The fourth-order valence-corrected chi connectivity index (χ4v) is 1.29. The van der Waals surface area contributed by atoms with Gasteiger partial charge in [-0.1, -0.05) is 27.5 Å². The fraction of sp³-hybridized carbons (Fsp3) is 0.300. The Morgan fingerprint density at radius 1 is 1.60 bits per heavy atom. The van der Waals surface area contributed by atoms with Crippen molar-refractivity contribution < 1.29 is 9.53 Å². The Morgan fingerprint density at radius 2 is 2.27 bits per heavy atom. The summed E-state index contributed by atoms with van der Waals surface area (Å²) in [5.41, 5.74) is 0.660. The zero-order chi connectivity index (χ0) is 11.4. The summed E-state index contributed by atoms with van der Waals surface area (Å²) < 4.78 is 5.03. The van der Waals surface area contributed by atoms with Crippen molar-refractivity contribution in [3.05, 3.63) is 23.2 Å². The molecule has 82 valence electrons. The Balaban J connectivity index is 2.83. The molecule has 1 N–H and O–H groups in total. The molecule has 5 heteroatoms. The molecule has 0 radical (unpaired) electrons. The van der Waals surface area contributed by atoms with E-state index in [9.17, 15) is 4.79 Å². The summed E-state index contributed by atoms with van der Waals surface area (Å²) >= 11 is 9.03. The van der Waals surface area contributed by atoms with Crippen LogP contribution in [0.25, 0.3) is 0 Å². The van der Waals surface area contributed by atoms with E-state index >= 15 is 0 Å². The van der Waals surface area contributed by atoms with E-state index in [0.717, 1.165) is 0 Å². The first kappa shape index (κ1) is 12.3. The lowest BCUT2D eigenvalue weighted by Crippen LogP contribution is -2.19. The molecule has 1 unspecified atom stereocenters. The molecule has 0 saturated heterocycles. The number of halogens is 2. The van der Waals surface area contributed by atoms with Crippen molar-refractivity contribution in [1.82, 2.24) is 0 Å². The number of anilines is 1. The molecule has 0 aliphatic carbocycles. The molecule has 3 nitrogen and oxygen atoms in total. The first-order chi connectivity index (χ1) is 7.04. The topological polar surface area (TPSA) is 38.3 Å². The molecule has 0 heterocycles. The van der Waals surface area contributed by atoms with Crippen LogP contribution >= 0.6 is 27.5 Å². The maximum Gasteiger partial charge on any atom is 0.237 e. The van der Waals surface area contributed by atoms with E-state index in [-0.39, 0.29) is 10.7 Å². The first-order valence-electron chi connectivity index (χ1n) is 4.33. The number of amides is 1. The number of ether oxygens (including phenoxy) is 1. The second kappa shape index (κ2) is 5.37. The van der Waals surface area contributed by atoms with Crippen molar-refractivity contribution in [2.45, 2.75) is 11.8 Å². The van der Waals surface area contributed by atoms with Crippen molar-refractivity contribution in [1.29, 1.82) is 0 Å². The second-order valence-electron chi connectivity index (χ2n) is 2.95. The number of rotatable bonds is 3. The molecular formula is C10H11BrClNO2. The lowest BCUT2D eigenvalue weighted by atomic mass is 10.3. The van der Waals surface area contributed by atoms with Gasteiger partial charge in [-0.15, -0.1) is 0 Å². The third-order valence-corrected chi connectivity index (χ3v) is 2.51. The highest BCUT2D eigenvalue weighted by atomic mass is 79.9. The van der Waals surface area contributed by atoms with Crippen molar-refractivity contribution in [2.75, 3.05) is 12.4 Å². The monoisotopic (exact) mass is 291 g/mol. The average molecular weight is 293 g/mol.